The van der Waals surface area contributed by atoms with E-state index in [4.69, 9.17) is 4.74 Å². The van der Waals surface area contributed by atoms with Crippen molar-refractivity contribution in [2.75, 3.05) is 18.4 Å². The van der Waals surface area contributed by atoms with Gasteiger partial charge in [-0.15, -0.1) is 11.3 Å². The molecule has 1 saturated heterocycles. The highest BCUT2D eigenvalue weighted by Gasteiger charge is 2.24. The van der Waals surface area contributed by atoms with E-state index in [1.54, 1.807) is 23.5 Å². The Morgan fingerprint density at radius 1 is 1.14 bits per heavy atom. The molecule has 0 saturated carbocycles. The first-order valence-corrected chi connectivity index (χ1v) is 10.0. The van der Waals surface area contributed by atoms with E-state index in [1.807, 2.05) is 24.4 Å². The van der Waals surface area contributed by atoms with Gasteiger partial charge in [-0.3, -0.25) is 10.3 Å². The third-order valence-corrected chi connectivity index (χ3v) is 5.46. The fraction of sp³-hybridized carbons (Fsp3) is 0.300. The van der Waals surface area contributed by atoms with Gasteiger partial charge in [-0.25, -0.2) is 14.8 Å². The van der Waals surface area contributed by atoms with Crippen molar-refractivity contribution < 1.29 is 9.53 Å². The van der Waals surface area contributed by atoms with E-state index in [-0.39, 0.29) is 12.1 Å². The van der Waals surface area contributed by atoms with Crippen molar-refractivity contribution in [1.29, 1.82) is 0 Å². The van der Waals surface area contributed by atoms with Crippen LogP contribution >= 0.6 is 11.3 Å². The van der Waals surface area contributed by atoms with E-state index in [2.05, 4.69) is 32.4 Å². The third-order valence-electron chi connectivity index (χ3n) is 4.54. The maximum atomic E-state index is 12.5. The molecule has 1 aliphatic rings. The molecular formula is C20H21N5O2S. The summed E-state index contributed by atoms with van der Waals surface area (Å²) in [5.41, 5.74) is 1.23. The monoisotopic (exact) mass is 395 g/mol. The molecule has 0 atom stereocenters. The molecule has 3 aromatic rings. The van der Waals surface area contributed by atoms with Crippen molar-refractivity contribution in [1.82, 2.24) is 19.9 Å². The van der Waals surface area contributed by atoms with Crippen LogP contribution in [0.2, 0.25) is 0 Å². The normalized spacial score (nSPS) is 14.6. The van der Waals surface area contributed by atoms with Gasteiger partial charge in [-0.1, -0.05) is 30.3 Å². The Balaban J connectivity index is 1.26. The van der Waals surface area contributed by atoms with Gasteiger partial charge in [0.2, 0.25) is 5.88 Å². The Bertz CT molecular complexity index is 895. The Morgan fingerprint density at radius 3 is 2.71 bits per heavy atom. The summed E-state index contributed by atoms with van der Waals surface area (Å²) >= 11 is 1.51. The van der Waals surface area contributed by atoms with Crippen molar-refractivity contribution in [3.63, 3.8) is 0 Å². The maximum Gasteiger partial charge on any atom is 0.323 e. The van der Waals surface area contributed by atoms with E-state index in [0.29, 0.717) is 24.1 Å². The van der Waals surface area contributed by atoms with Crippen LogP contribution in [0.5, 0.6) is 5.88 Å². The number of carbonyl (C=O) groups excluding carboxylic acids is 1. The number of hydrogen-bond donors (Lipinski definition) is 1. The van der Waals surface area contributed by atoms with Crippen molar-refractivity contribution in [3.05, 3.63) is 65.6 Å². The summed E-state index contributed by atoms with van der Waals surface area (Å²) in [7, 11) is 0. The summed E-state index contributed by atoms with van der Waals surface area (Å²) in [6.45, 7) is 1.28. The van der Waals surface area contributed by atoms with Crippen LogP contribution in [-0.2, 0) is 6.42 Å². The number of ether oxygens (including phenoxy) is 1. The fourth-order valence-corrected chi connectivity index (χ4v) is 3.94. The Labute approximate surface area is 167 Å². The molecule has 1 aliphatic heterocycles. The molecule has 1 N–H and O–H groups in total. The first kappa shape index (κ1) is 18.4. The van der Waals surface area contributed by atoms with Gasteiger partial charge in [0.1, 0.15) is 6.10 Å². The van der Waals surface area contributed by atoms with E-state index in [9.17, 15) is 4.79 Å². The summed E-state index contributed by atoms with van der Waals surface area (Å²) in [4.78, 5) is 27.9. The van der Waals surface area contributed by atoms with Crippen molar-refractivity contribution in [2.24, 2.45) is 0 Å². The minimum Gasteiger partial charge on any atom is -0.473 e. The zero-order chi connectivity index (χ0) is 19.2. The number of carbonyl (C=O) groups is 1. The Morgan fingerprint density at radius 2 is 1.96 bits per heavy atom. The van der Waals surface area contributed by atoms with Crippen LogP contribution in [-0.4, -0.2) is 45.1 Å². The van der Waals surface area contributed by atoms with Crippen molar-refractivity contribution in [3.8, 4) is 5.88 Å². The number of urea groups is 1. The lowest BCUT2D eigenvalue weighted by Crippen LogP contribution is -2.43. The number of aromatic nitrogens is 3. The molecule has 3 heterocycles. The molecule has 0 unspecified atom stereocenters. The summed E-state index contributed by atoms with van der Waals surface area (Å²) in [6.07, 6.45) is 9.06. The van der Waals surface area contributed by atoms with Crippen LogP contribution in [0, 0.1) is 0 Å². The number of likely N-dealkylation sites (tertiary alicyclic amines) is 1. The van der Waals surface area contributed by atoms with Gasteiger partial charge in [-0.05, 0) is 5.56 Å². The van der Waals surface area contributed by atoms with Gasteiger partial charge in [-0.2, -0.15) is 0 Å². The minimum absolute atomic E-state index is 0.0538. The molecule has 4 rings (SSSR count). The molecule has 28 heavy (non-hydrogen) atoms. The van der Waals surface area contributed by atoms with Crippen LogP contribution in [0.1, 0.15) is 23.3 Å². The average molecular weight is 395 g/mol. The maximum absolute atomic E-state index is 12.5. The third kappa shape index (κ3) is 4.83. The van der Waals surface area contributed by atoms with Crippen molar-refractivity contribution in [2.45, 2.75) is 25.4 Å². The van der Waals surface area contributed by atoms with Crippen LogP contribution in [0.3, 0.4) is 0 Å². The number of benzene rings is 1. The lowest BCUT2D eigenvalue weighted by molar-refractivity contribution is 0.111. The second kappa shape index (κ2) is 8.79. The molecule has 0 spiro atoms. The highest BCUT2D eigenvalue weighted by Crippen LogP contribution is 2.22. The number of nitrogens with one attached hydrogen (secondary N) is 1. The molecule has 0 radical (unpaired) electrons. The minimum atomic E-state index is -0.112. The smallest absolute Gasteiger partial charge is 0.323 e. The van der Waals surface area contributed by atoms with Gasteiger partial charge >= 0.3 is 6.03 Å². The second-order valence-electron chi connectivity index (χ2n) is 6.57. The molecule has 144 valence electrons. The Kier molecular flexibility index (Phi) is 5.77. The lowest BCUT2D eigenvalue weighted by Gasteiger charge is -2.31. The number of amides is 2. The molecule has 1 aromatic carbocycles. The summed E-state index contributed by atoms with van der Waals surface area (Å²) in [6, 6.07) is 10.1. The number of anilines is 1. The average Bonchev–Trinajstić information content (AvgIpc) is 3.17. The molecule has 8 heteroatoms. The Hall–Kier alpha value is -3.00. The second-order valence-corrected chi connectivity index (χ2v) is 7.69. The summed E-state index contributed by atoms with van der Waals surface area (Å²) in [5.74, 6) is 0.527. The number of nitrogens with zero attached hydrogens (tertiary/aromatic N) is 4. The molecule has 2 aromatic heterocycles. The van der Waals surface area contributed by atoms with Gasteiger partial charge < -0.3 is 9.64 Å². The van der Waals surface area contributed by atoms with Crippen LogP contribution in [0.15, 0.2) is 55.1 Å². The van der Waals surface area contributed by atoms with Gasteiger partial charge in [0, 0.05) is 55.8 Å². The topological polar surface area (TPSA) is 80.2 Å². The predicted octanol–water partition coefficient (Wildman–Crippen LogP) is 3.60. The van der Waals surface area contributed by atoms with Gasteiger partial charge in [0.25, 0.3) is 0 Å². The first-order valence-electron chi connectivity index (χ1n) is 9.23. The van der Waals surface area contributed by atoms with Crippen LogP contribution < -0.4 is 10.1 Å². The first-order chi connectivity index (χ1) is 13.8. The SMILES string of the molecule is O=C(Nc1ncc(Cc2ccccc2)s1)N1CCC(Oc2cnccn2)CC1. The molecule has 0 bridgehead atoms. The highest BCUT2D eigenvalue weighted by atomic mass is 32.1. The molecule has 0 aliphatic carbocycles. The van der Waals surface area contributed by atoms with Gasteiger partial charge in [0.05, 0.1) is 6.20 Å². The van der Waals surface area contributed by atoms with Crippen LogP contribution in [0.4, 0.5) is 9.93 Å². The van der Waals surface area contributed by atoms with Crippen molar-refractivity contribution >= 4 is 22.5 Å². The number of piperidine rings is 1. The number of thiazole rings is 1. The zero-order valence-corrected chi connectivity index (χ0v) is 16.1. The lowest BCUT2D eigenvalue weighted by atomic mass is 10.1. The summed E-state index contributed by atoms with van der Waals surface area (Å²) in [5, 5.41) is 3.55. The number of rotatable bonds is 5. The molecule has 7 nitrogen and oxygen atoms in total. The predicted molar refractivity (Wildman–Crippen MR) is 108 cm³/mol. The van der Waals surface area contributed by atoms with E-state index in [0.717, 1.165) is 24.1 Å². The molecule has 1 fully saturated rings. The van der Waals surface area contributed by atoms with E-state index in [1.165, 1.54) is 16.9 Å². The van der Waals surface area contributed by atoms with E-state index >= 15 is 0 Å². The van der Waals surface area contributed by atoms with E-state index < -0.39 is 0 Å². The summed E-state index contributed by atoms with van der Waals surface area (Å²) < 4.78 is 5.82. The van der Waals surface area contributed by atoms with Crippen LogP contribution in [0.25, 0.3) is 0 Å². The molecular weight excluding hydrogens is 374 g/mol. The quantitative estimate of drug-likeness (QED) is 0.714. The van der Waals surface area contributed by atoms with Gasteiger partial charge in [0.15, 0.2) is 5.13 Å². The highest BCUT2D eigenvalue weighted by molar-refractivity contribution is 7.15. The largest absolute Gasteiger partial charge is 0.473 e. The standard InChI is InChI=1S/C20H21N5O2S/c26-20(24-19-23-13-17(28-19)12-15-4-2-1-3-5-15)25-10-6-16(7-11-25)27-18-14-21-8-9-22-18/h1-5,8-9,13-14,16H,6-7,10-12H2,(H,23,24,26). The fourth-order valence-electron chi connectivity index (χ4n) is 3.11. The number of hydrogen-bond acceptors (Lipinski definition) is 6. The zero-order valence-electron chi connectivity index (χ0n) is 15.3. The molecule has 2 amide bonds.